The smallest absolute Gasteiger partial charge is 0.0770 e. The standard InChI is InChI=1S/C54H111N.HI/c1-4-7-10-13-16-19-22-25-28-31-34-37-40-43-46-49-52-55(53-50-47-44-41-38-35-32-29-26-23-20-17-14-11-8-5-2)54-51-48-45-42-39-36-33-30-27-24-21-18-15-12-9-6-3;/h4-54H2,1-3H3;1H. The van der Waals surface area contributed by atoms with Crippen molar-refractivity contribution in [3.8, 4) is 0 Å². The van der Waals surface area contributed by atoms with Crippen molar-refractivity contribution in [2.24, 2.45) is 0 Å². The third-order valence-corrected chi connectivity index (χ3v) is 13.2. The molecule has 0 aliphatic carbocycles. The highest BCUT2D eigenvalue weighted by atomic mass is 127. The molecule has 0 aliphatic rings. The van der Waals surface area contributed by atoms with Crippen LogP contribution in [-0.2, 0) is 0 Å². The first kappa shape index (κ1) is 58.8. The van der Waals surface area contributed by atoms with Gasteiger partial charge in [-0.1, -0.05) is 290 Å². The van der Waals surface area contributed by atoms with Crippen LogP contribution < -0.4 is 28.9 Å². The number of nitrogens with one attached hydrogen (secondary N) is 1. The first-order chi connectivity index (χ1) is 27.3. The Kier molecular flexibility index (Phi) is 58.5. The van der Waals surface area contributed by atoms with Gasteiger partial charge in [0.05, 0.1) is 19.6 Å². The molecule has 0 heterocycles. The monoisotopic (exact) mass is 902 g/mol. The first-order valence-electron chi connectivity index (χ1n) is 27.2. The molecule has 0 rings (SSSR count). The van der Waals surface area contributed by atoms with Gasteiger partial charge in [-0.15, -0.1) is 0 Å². The normalized spacial score (nSPS) is 11.6. The fourth-order valence-corrected chi connectivity index (χ4v) is 9.14. The molecule has 0 saturated heterocycles. The zero-order chi connectivity index (χ0) is 39.6. The van der Waals surface area contributed by atoms with Gasteiger partial charge in [0.25, 0.3) is 0 Å². The molecule has 1 N–H and O–H groups in total. The Morgan fingerprint density at radius 2 is 0.268 bits per heavy atom. The van der Waals surface area contributed by atoms with Crippen LogP contribution in [0.4, 0.5) is 0 Å². The summed E-state index contributed by atoms with van der Waals surface area (Å²) < 4.78 is 0. The topological polar surface area (TPSA) is 4.44 Å². The maximum Gasteiger partial charge on any atom is 0.0770 e. The van der Waals surface area contributed by atoms with E-state index < -0.39 is 0 Å². The zero-order valence-corrected chi connectivity index (χ0v) is 42.1. The SMILES string of the molecule is CCCCCCCCCCCCCCCCCC[NH+](CCCCCCCCCCCCCCCCCC)CCCCCCCCCCCCCCCCCC.[I-]. The van der Waals surface area contributed by atoms with Crippen LogP contribution in [0.2, 0.25) is 0 Å². The minimum absolute atomic E-state index is 0. The molecule has 0 bridgehead atoms. The Balaban J connectivity index is 0. The third kappa shape index (κ3) is 52.7. The van der Waals surface area contributed by atoms with E-state index in [9.17, 15) is 0 Å². The van der Waals surface area contributed by atoms with Crippen molar-refractivity contribution < 1.29 is 28.9 Å². The van der Waals surface area contributed by atoms with E-state index >= 15 is 0 Å². The molecule has 56 heavy (non-hydrogen) atoms. The molecule has 1 nitrogen and oxygen atoms in total. The molecule has 0 fully saturated rings. The fraction of sp³-hybridized carbons (Fsp3) is 1.00. The Labute approximate surface area is 375 Å². The van der Waals surface area contributed by atoms with Crippen molar-refractivity contribution in [2.75, 3.05) is 19.6 Å². The predicted octanol–water partition coefficient (Wildman–Crippen LogP) is 15.7. The lowest BCUT2D eigenvalue weighted by Crippen LogP contribution is -3.12. The molecule has 0 saturated carbocycles. The lowest BCUT2D eigenvalue weighted by molar-refractivity contribution is -0.900. The molecule has 0 atom stereocenters. The zero-order valence-electron chi connectivity index (χ0n) is 39.9. The Morgan fingerprint density at radius 1 is 0.161 bits per heavy atom. The second kappa shape index (κ2) is 55.7. The summed E-state index contributed by atoms with van der Waals surface area (Å²) in [5.74, 6) is 0. The second-order valence-electron chi connectivity index (χ2n) is 18.9. The second-order valence-corrected chi connectivity index (χ2v) is 18.9. The number of halogens is 1. The Morgan fingerprint density at radius 3 is 0.393 bits per heavy atom. The van der Waals surface area contributed by atoms with Gasteiger partial charge in [0, 0.05) is 0 Å². The average Bonchev–Trinajstić information content (AvgIpc) is 3.20. The summed E-state index contributed by atoms with van der Waals surface area (Å²) in [6, 6.07) is 0. The number of rotatable bonds is 51. The number of quaternary nitrogens is 1. The summed E-state index contributed by atoms with van der Waals surface area (Å²) in [6.45, 7) is 11.3. The van der Waals surface area contributed by atoms with Crippen LogP contribution in [0.5, 0.6) is 0 Å². The van der Waals surface area contributed by atoms with E-state index in [0.717, 1.165) is 0 Å². The van der Waals surface area contributed by atoms with Gasteiger partial charge in [-0.25, -0.2) is 0 Å². The predicted molar refractivity (Wildman–Crippen MR) is 254 cm³/mol. The van der Waals surface area contributed by atoms with Crippen molar-refractivity contribution in [1.82, 2.24) is 0 Å². The van der Waals surface area contributed by atoms with E-state index in [0.29, 0.717) is 0 Å². The molecule has 0 radical (unpaired) electrons. The summed E-state index contributed by atoms with van der Waals surface area (Å²) in [6.07, 6.45) is 70.9. The van der Waals surface area contributed by atoms with Crippen molar-refractivity contribution in [3.05, 3.63) is 0 Å². The Hall–Kier alpha value is 0.690. The first-order valence-corrected chi connectivity index (χ1v) is 27.2. The molecule has 0 unspecified atom stereocenters. The van der Waals surface area contributed by atoms with Gasteiger partial charge in [0.15, 0.2) is 0 Å². The van der Waals surface area contributed by atoms with E-state index in [1.807, 2.05) is 4.90 Å². The number of hydrogen-bond donors (Lipinski definition) is 1. The largest absolute Gasteiger partial charge is 1.00 e. The minimum atomic E-state index is 0. The summed E-state index contributed by atoms with van der Waals surface area (Å²) in [5.41, 5.74) is 0. The average molecular weight is 902 g/mol. The van der Waals surface area contributed by atoms with Gasteiger partial charge in [-0.2, -0.15) is 0 Å². The number of hydrogen-bond acceptors (Lipinski definition) is 0. The summed E-state index contributed by atoms with van der Waals surface area (Å²) >= 11 is 0. The fourth-order valence-electron chi connectivity index (χ4n) is 9.14. The summed E-state index contributed by atoms with van der Waals surface area (Å²) in [5, 5.41) is 0. The maximum absolute atomic E-state index is 2.32. The van der Waals surface area contributed by atoms with Crippen molar-refractivity contribution in [1.29, 1.82) is 0 Å². The molecule has 340 valence electrons. The molecular weight excluding hydrogens is 790 g/mol. The lowest BCUT2D eigenvalue weighted by Gasteiger charge is -2.20. The maximum atomic E-state index is 2.32. The van der Waals surface area contributed by atoms with Gasteiger partial charge >= 0.3 is 0 Å². The Bertz CT molecular complexity index is 550. The van der Waals surface area contributed by atoms with Gasteiger partial charge < -0.3 is 28.9 Å². The third-order valence-electron chi connectivity index (χ3n) is 13.2. The highest BCUT2D eigenvalue weighted by molar-refractivity contribution is 4.54. The van der Waals surface area contributed by atoms with Crippen LogP contribution in [0.25, 0.3) is 0 Å². The molecule has 0 spiro atoms. The quantitative estimate of drug-likeness (QED) is 0.0458. The molecule has 0 aromatic rings. The van der Waals surface area contributed by atoms with Crippen LogP contribution in [0, 0.1) is 0 Å². The van der Waals surface area contributed by atoms with Gasteiger partial charge in [0.1, 0.15) is 0 Å². The lowest BCUT2D eigenvalue weighted by atomic mass is 10.0. The van der Waals surface area contributed by atoms with Crippen LogP contribution in [0.15, 0.2) is 0 Å². The van der Waals surface area contributed by atoms with E-state index in [2.05, 4.69) is 20.8 Å². The summed E-state index contributed by atoms with van der Waals surface area (Å²) in [4.78, 5) is 1.96. The van der Waals surface area contributed by atoms with Gasteiger partial charge in [-0.05, 0) is 38.5 Å². The minimum Gasteiger partial charge on any atom is -1.00 e. The van der Waals surface area contributed by atoms with E-state index in [4.69, 9.17) is 0 Å². The van der Waals surface area contributed by atoms with Crippen molar-refractivity contribution in [3.63, 3.8) is 0 Å². The van der Waals surface area contributed by atoms with Crippen LogP contribution >= 0.6 is 0 Å². The summed E-state index contributed by atoms with van der Waals surface area (Å²) in [7, 11) is 0. The van der Waals surface area contributed by atoms with Crippen molar-refractivity contribution >= 4 is 0 Å². The van der Waals surface area contributed by atoms with Crippen LogP contribution in [0.3, 0.4) is 0 Å². The van der Waals surface area contributed by atoms with E-state index in [1.54, 1.807) is 0 Å². The van der Waals surface area contributed by atoms with Crippen LogP contribution in [-0.4, -0.2) is 19.6 Å². The molecule has 0 aromatic carbocycles. The van der Waals surface area contributed by atoms with Crippen LogP contribution in [0.1, 0.15) is 329 Å². The van der Waals surface area contributed by atoms with E-state index in [1.165, 1.54) is 328 Å². The highest BCUT2D eigenvalue weighted by Gasteiger charge is 2.08. The van der Waals surface area contributed by atoms with Gasteiger partial charge in [-0.3, -0.25) is 0 Å². The molecule has 0 aliphatic heterocycles. The molecule has 2 heteroatoms. The molecule has 0 amide bonds. The van der Waals surface area contributed by atoms with Crippen molar-refractivity contribution in [2.45, 2.75) is 329 Å². The molecule has 0 aromatic heterocycles. The van der Waals surface area contributed by atoms with E-state index in [-0.39, 0.29) is 24.0 Å². The number of unbranched alkanes of at least 4 members (excludes halogenated alkanes) is 45. The highest BCUT2D eigenvalue weighted by Crippen LogP contribution is 2.16. The van der Waals surface area contributed by atoms with Gasteiger partial charge in [0.2, 0.25) is 0 Å². The molecular formula is C54H112IN.